The van der Waals surface area contributed by atoms with Gasteiger partial charge in [-0.25, -0.2) is 9.07 Å². The van der Waals surface area contributed by atoms with Crippen LogP contribution in [0.1, 0.15) is 23.3 Å². The summed E-state index contributed by atoms with van der Waals surface area (Å²) in [6.45, 7) is 0.0838. The molecule has 2 rings (SSSR count). The summed E-state index contributed by atoms with van der Waals surface area (Å²) in [7, 11) is 3.42. The van der Waals surface area contributed by atoms with Crippen molar-refractivity contribution in [3.8, 4) is 0 Å². The first-order valence-electron chi connectivity index (χ1n) is 6.82. The summed E-state index contributed by atoms with van der Waals surface area (Å²) in [5.41, 5.74) is 4.33. The van der Waals surface area contributed by atoms with E-state index in [9.17, 15) is 9.18 Å². The predicted octanol–water partition coefficient (Wildman–Crippen LogP) is 1.37. The van der Waals surface area contributed by atoms with Crippen LogP contribution in [0.4, 0.5) is 4.39 Å². The number of carbonyl (C=O) groups excluding carboxylic acids is 1. The SMILES string of the molecule is CNC(=O)c1cn(CC(F)CCC2=CC=C(I)N(C)N2)nn1. The molecular weight excluding hydrogens is 402 g/mol. The molecule has 120 valence electrons. The van der Waals surface area contributed by atoms with Gasteiger partial charge in [0, 0.05) is 19.8 Å². The maximum Gasteiger partial charge on any atom is 0.273 e. The summed E-state index contributed by atoms with van der Waals surface area (Å²) >= 11 is 2.21. The van der Waals surface area contributed by atoms with Crippen molar-refractivity contribution in [2.45, 2.75) is 25.6 Å². The van der Waals surface area contributed by atoms with E-state index in [-0.39, 0.29) is 18.1 Å². The lowest BCUT2D eigenvalue weighted by Crippen LogP contribution is -2.33. The van der Waals surface area contributed by atoms with Crippen LogP contribution in [-0.2, 0) is 6.54 Å². The van der Waals surface area contributed by atoms with Gasteiger partial charge < -0.3 is 10.7 Å². The Kier molecular flexibility index (Phi) is 5.75. The Bertz CT molecular complexity index is 599. The van der Waals surface area contributed by atoms with Gasteiger partial charge in [0.1, 0.15) is 6.17 Å². The second-order valence-electron chi connectivity index (χ2n) is 4.89. The highest BCUT2D eigenvalue weighted by Gasteiger charge is 2.14. The molecule has 0 spiro atoms. The van der Waals surface area contributed by atoms with E-state index < -0.39 is 6.17 Å². The molecule has 0 radical (unpaired) electrons. The lowest BCUT2D eigenvalue weighted by molar-refractivity contribution is 0.0958. The van der Waals surface area contributed by atoms with E-state index in [1.165, 1.54) is 17.9 Å². The molecule has 2 heterocycles. The Hall–Kier alpha value is -1.65. The fourth-order valence-corrected chi connectivity index (χ4v) is 2.25. The summed E-state index contributed by atoms with van der Waals surface area (Å²) < 4.78 is 16.5. The summed E-state index contributed by atoms with van der Waals surface area (Å²) in [6, 6.07) is 0. The van der Waals surface area contributed by atoms with Gasteiger partial charge in [0.05, 0.1) is 16.4 Å². The monoisotopic (exact) mass is 420 g/mol. The molecule has 1 aliphatic rings. The Labute approximate surface area is 141 Å². The van der Waals surface area contributed by atoms with Crippen LogP contribution in [0.25, 0.3) is 0 Å². The third-order valence-corrected chi connectivity index (χ3v) is 4.25. The van der Waals surface area contributed by atoms with Crippen LogP contribution in [0.2, 0.25) is 0 Å². The number of aromatic nitrogens is 3. The summed E-state index contributed by atoms with van der Waals surface area (Å²) in [5.74, 6) is -0.331. The van der Waals surface area contributed by atoms with E-state index in [4.69, 9.17) is 0 Å². The topological polar surface area (TPSA) is 75.1 Å². The molecule has 7 nitrogen and oxygen atoms in total. The Morgan fingerprint density at radius 3 is 3.00 bits per heavy atom. The van der Waals surface area contributed by atoms with E-state index in [0.29, 0.717) is 12.8 Å². The van der Waals surface area contributed by atoms with Gasteiger partial charge in [-0.2, -0.15) is 0 Å². The van der Waals surface area contributed by atoms with Crippen molar-refractivity contribution in [2.75, 3.05) is 14.1 Å². The molecule has 0 aromatic carbocycles. The molecule has 0 saturated carbocycles. The van der Waals surface area contributed by atoms with E-state index in [1.54, 1.807) is 0 Å². The van der Waals surface area contributed by atoms with Crippen LogP contribution in [0.15, 0.2) is 27.7 Å². The Morgan fingerprint density at radius 1 is 1.55 bits per heavy atom. The van der Waals surface area contributed by atoms with Gasteiger partial charge in [-0.15, -0.1) is 5.10 Å². The number of allylic oxidation sites excluding steroid dienone is 3. The average molecular weight is 420 g/mol. The fourth-order valence-electron chi connectivity index (χ4n) is 1.95. The van der Waals surface area contributed by atoms with E-state index in [0.717, 1.165) is 9.40 Å². The minimum Gasteiger partial charge on any atom is -0.354 e. The Morgan fingerprint density at radius 2 is 2.32 bits per heavy atom. The van der Waals surface area contributed by atoms with Crippen LogP contribution in [-0.4, -0.2) is 46.2 Å². The van der Waals surface area contributed by atoms with Gasteiger partial charge in [0.2, 0.25) is 0 Å². The van der Waals surface area contributed by atoms with Crippen LogP contribution in [0.3, 0.4) is 0 Å². The van der Waals surface area contributed by atoms with Gasteiger partial charge in [0.15, 0.2) is 5.69 Å². The highest BCUT2D eigenvalue weighted by atomic mass is 127. The largest absolute Gasteiger partial charge is 0.354 e. The number of nitrogens with one attached hydrogen (secondary N) is 2. The molecule has 1 aromatic rings. The zero-order chi connectivity index (χ0) is 16.1. The number of nitrogens with zero attached hydrogens (tertiary/aromatic N) is 4. The minimum atomic E-state index is -1.06. The van der Waals surface area contributed by atoms with E-state index >= 15 is 0 Å². The number of carbonyl (C=O) groups is 1. The zero-order valence-electron chi connectivity index (χ0n) is 12.4. The van der Waals surface area contributed by atoms with Crippen LogP contribution in [0, 0.1) is 0 Å². The van der Waals surface area contributed by atoms with E-state index in [1.807, 2.05) is 24.2 Å². The number of hydrogen-bond donors (Lipinski definition) is 2. The van der Waals surface area contributed by atoms with Crippen molar-refractivity contribution in [1.82, 2.24) is 30.7 Å². The molecule has 0 fully saturated rings. The van der Waals surface area contributed by atoms with Gasteiger partial charge in [0.25, 0.3) is 5.91 Å². The number of hydrazine groups is 1. The van der Waals surface area contributed by atoms with Crippen molar-refractivity contribution < 1.29 is 9.18 Å². The van der Waals surface area contributed by atoms with Crippen LogP contribution >= 0.6 is 22.6 Å². The molecule has 1 aromatic heterocycles. The number of rotatable bonds is 6. The van der Waals surface area contributed by atoms with Gasteiger partial charge in [-0.3, -0.25) is 9.80 Å². The van der Waals surface area contributed by atoms with Crippen molar-refractivity contribution >= 4 is 28.5 Å². The predicted molar refractivity (Wildman–Crippen MR) is 88.6 cm³/mol. The average Bonchev–Trinajstić information content (AvgIpc) is 2.96. The van der Waals surface area contributed by atoms with Gasteiger partial charge >= 0.3 is 0 Å². The fraction of sp³-hybridized carbons (Fsp3) is 0.462. The Balaban J connectivity index is 1.82. The molecule has 0 saturated heterocycles. The first kappa shape index (κ1) is 16.7. The summed E-state index contributed by atoms with van der Waals surface area (Å²) in [6.07, 6.45) is 5.29. The van der Waals surface area contributed by atoms with Gasteiger partial charge in [-0.1, -0.05) is 5.21 Å². The second-order valence-corrected chi connectivity index (χ2v) is 6.00. The number of amides is 1. The smallest absolute Gasteiger partial charge is 0.273 e. The third kappa shape index (κ3) is 4.42. The highest BCUT2D eigenvalue weighted by Crippen LogP contribution is 2.18. The maximum absolute atomic E-state index is 14.0. The highest BCUT2D eigenvalue weighted by molar-refractivity contribution is 14.1. The normalized spacial score (nSPS) is 15.7. The summed E-state index contributed by atoms with van der Waals surface area (Å²) in [5, 5.41) is 11.8. The molecule has 2 N–H and O–H groups in total. The number of halogens is 2. The molecule has 1 aliphatic heterocycles. The van der Waals surface area contributed by atoms with Crippen LogP contribution in [0.5, 0.6) is 0 Å². The first-order valence-corrected chi connectivity index (χ1v) is 7.90. The quantitative estimate of drug-likeness (QED) is 0.537. The van der Waals surface area contributed by atoms with Crippen molar-refractivity contribution in [3.05, 3.63) is 33.4 Å². The standard InChI is InChI=1S/C13H18FIN6O/c1-16-13(22)11-8-21(19-17-11)7-9(14)3-4-10-5-6-12(15)20(2)18-10/h5-6,8-9,18H,3-4,7H2,1-2H3,(H,16,22). The lowest BCUT2D eigenvalue weighted by Gasteiger charge is -2.26. The summed E-state index contributed by atoms with van der Waals surface area (Å²) in [4.78, 5) is 11.4. The number of alkyl halides is 1. The van der Waals surface area contributed by atoms with Crippen molar-refractivity contribution in [3.63, 3.8) is 0 Å². The van der Waals surface area contributed by atoms with Crippen molar-refractivity contribution in [2.24, 2.45) is 0 Å². The maximum atomic E-state index is 14.0. The minimum absolute atomic E-state index is 0.0838. The molecule has 0 aliphatic carbocycles. The molecule has 9 heteroatoms. The molecule has 1 unspecified atom stereocenters. The molecule has 1 atom stereocenters. The third-order valence-electron chi connectivity index (χ3n) is 3.16. The van der Waals surface area contributed by atoms with E-state index in [2.05, 4.69) is 43.6 Å². The van der Waals surface area contributed by atoms with Crippen LogP contribution < -0.4 is 10.7 Å². The first-order chi connectivity index (χ1) is 10.5. The molecule has 1 amide bonds. The zero-order valence-corrected chi connectivity index (χ0v) is 14.5. The molecule has 0 bridgehead atoms. The second kappa shape index (κ2) is 7.56. The van der Waals surface area contributed by atoms with Crippen molar-refractivity contribution in [1.29, 1.82) is 0 Å². The van der Waals surface area contributed by atoms with Gasteiger partial charge in [-0.05, 0) is 47.6 Å². The number of hydrogen-bond acceptors (Lipinski definition) is 5. The molecular formula is C13H18FIN6O. The molecule has 22 heavy (non-hydrogen) atoms. The lowest BCUT2D eigenvalue weighted by atomic mass is 10.1.